The van der Waals surface area contributed by atoms with Gasteiger partial charge in [-0.1, -0.05) is 11.6 Å². The van der Waals surface area contributed by atoms with Crippen LogP contribution in [0.25, 0.3) is 11.0 Å². The Morgan fingerprint density at radius 2 is 2.07 bits per heavy atom. The summed E-state index contributed by atoms with van der Waals surface area (Å²) in [5, 5.41) is 9.72. The number of aromatic nitrogens is 5. The van der Waals surface area contributed by atoms with E-state index in [-0.39, 0.29) is 22.9 Å². The van der Waals surface area contributed by atoms with Crippen molar-refractivity contribution in [2.75, 3.05) is 12.4 Å². The van der Waals surface area contributed by atoms with E-state index >= 15 is 0 Å². The lowest BCUT2D eigenvalue weighted by Gasteiger charge is -2.12. The van der Waals surface area contributed by atoms with Crippen LogP contribution in [0.5, 0.6) is 11.6 Å². The molecule has 3 aromatic heterocycles. The Kier molecular flexibility index (Phi) is 5.40. The van der Waals surface area contributed by atoms with Crippen molar-refractivity contribution in [1.29, 1.82) is 0 Å². The standard InChI is InChI=1S/C19H14ClFN6O3/c1-29-19-12-4-11(7-24-17(12)26-27-19)25-18(28)15-13(20)2-3-14(16(15)21)30-8-10-5-22-9-23-6-10/h2-7,9H,8H2,1H3,(H,25,28)(H,24,26,27). The number of hydrogen-bond acceptors (Lipinski definition) is 7. The van der Waals surface area contributed by atoms with Crippen molar-refractivity contribution in [3.8, 4) is 11.6 Å². The number of carbonyl (C=O) groups is 1. The SMILES string of the molecule is COc1n[nH]c2ncc(NC(=O)c3c(Cl)ccc(OCc4cncnc4)c3F)cc12. The van der Waals surface area contributed by atoms with Crippen molar-refractivity contribution in [3.05, 3.63) is 65.1 Å². The van der Waals surface area contributed by atoms with Gasteiger partial charge in [0.1, 0.15) is 12.9 Å². The first-order chi connectivity index (χ1) is 14.6. The van der Waals surface area contributed by atoms with Crippen molar-refractivity contribution in [1.82, 2.24) is 25.1 Å². The molecule has 1 aromatic carbocycles. The number of hydrogen-bond donors (Lipinski definition) is 2. The molecule has 11 heteroatoms. The van der Waals surface area contributed by atoms with E-state index in [1.54, 1.807) is 18.5 Å². The molecule has 0 aliphatic heterocycles. The number of nitrogens with zero attached hydrogens (tertiary/aromatic N) is 4. The normalized spacial score (nSPS) is 10.8. The van der Waals surface area contributed by atoms with Gasteiger partial charge >= 0.3 is 0 Å². The molecule has 1 amide bonds. The van der Waals surface area contributed by atoms with Crippen molar-refractivity contribution in [3.63, 3.8) is 0 Å². The fourth-order valence-corrected chi connectivity index (χ4v) is 2.95. The van der Waals surface area contributed by atoms with Gasteiger partial charge in [-0.25, -0.2) is 19.3 Å². The van der Waals surface area contributed by atoms with E-state index in [1.807, 2.05) is 0 Å². The molecule has 0 saturated carbocycles. The molecule has 0 radical (unpaired) electrons. The summed E-state index contributed by atoms with van der Waals surface area (Å²) in [6.07, 6.45) is 5.86. The zero-order valence-electron chi connectivity index (χ0n) is 15.5. The molecule has 0 fully saturated rings. The Morgan fingerprint density at radius 1 is 1.27 bits per heavy atom. The summed E-state index contributed by atoms with van der Waals surface area (Å²) in [5.74, 6) is -1.45. The number of benzene rings is 1. The van der Waals surface area contributed by atoms with Crippen LogP contribution in [0, 0.1) is 5.82 Å². The average molecular weight is 429 g/mol. The second-order valence-corrected chi connectivity index (χ2v) is 6.48. The maximum atomic E-state index is 15.0. The van der Waals surface area contributed by atoms with Gasteiger partial charge in [-0.2, -0.15) is 0 Å². The average Bonchev–Trinajstić information content (AvgIpc) is 3.16. The molecule has 4 aromatic rings. The van der Waals surface area contributed by atoms with Crippen LogP contribution in [-0.4, -0.2) is 38.2 Å². The van der Waals surface area contributed by atoms with Gasteiger partial charge in [-0.05, 0) is 18.2 Å². The Bertz CT molecular complexity index is 1220. The van der Waals surface area contributed by atoms with Gasteiger partial charge in [0, 0.05) is 18.0 Å². The highest BCUT2D eigenvalue weighted by atomic mass is 35.5. The van der Waals surface area contributed by atoms with E-state index in [0.29, 0.717) is 28.2 Å². The zero-order valence-corrected chi connectivity index (χ0v) is 16.3. The summed E-state index contributed by atoms with van der Waals surface area (Å²) in [6, 6.07) is 4.34. The summed E-state index contributed by atoms with van der Waals surface area (Å²) < 4.78 is 25.5. The molecule has 0 unspecified atom stereocenters. The largest absolute Gasteiger partial charge is 0.486 e. The molecule has 0 saturated heterocycles. The van der Waals surface area contributed by atoms with Crippen LogP contribution in [-0.2, 0) is 6.61 Å². The summed E-state index contributed by atoms with van der Waals surface area (Å²) >= 11 is 6.08. The van der Waals surface area contributed by atoms with Crippen LogP contribution < -0.4 is 14.8 Å². The van der Waals surface area contributed by atoms with E-state index in [2.05, 4.69) is 30.5 Å². The molecule has 0 aliphatic carbocycles. The number of methoxy groups -OCH3 is 1. The number of anilines is 1. The maximum absolute atomic E-state index is 15.0. The topological polar surface area (TPSA) is 115 Å². The fourth-order valence-electron chi connectivity index (χ4n) is 2.72. The number of nitrogens with one attached hydrogen (secondary N) is 2. The lowest BCUT2D eigenvalue weighted by Crippen LogP contribution is -2.15. The highest BCUT2D eigenvalue weighted by Gasteiger charge is 2.21. The second kappa shape index (κ2) is 8.29. The number of carbonyl (C=O) groups excluding carboxylic acids is 1. The molecular weight excluding hydrogens is 415 g/mol. The smallest absolute Gasteiger partial charge is 0.260 e. The predicted octanol–water partition coefficient (Wildman–Crippen LogP) is 3.38. The van der Waals surface area contributed by atoms with E-state index in [1.165, 1.54) is 31.8 Å². The van der Waals surface area contributed by atoms with Gasteiger partial charge in [0.05, 0.1) is 35.0 Å². The highest BCUT2D eigenvalue weighted by Crippen LogP contribution is 2.29. The van der Waals surface area contributed by atoms with Gasteiger partial charge in [0.2, 0.25) is 5.88 Å². The van der Waals surface area contributed by atoms with Gasteiger partial charge < -0.3 is 14.8 Å². The van der Waals surface area contributed by atoms with Gasteiger partial charge in [0.25, 0.3) is 5.91 Å². The van der Waals surface area contributed by atoms with Crippen molar-refractivity contribution < 1.29 is 18.7 Å². The predicted molar refractivity (Wildman–Crippen MR) is 106 cm³/mol. The first-order valence-electron chi connectivity index (χ1n) is 8.61. The van der Waals surface area contributed by atoms with E-state index < -0.39 is 11.7 Å². The van der Waals surface area contributed by atoms with E-state index in [0.717, 1.165) is 0 Å². The second-order valence-electron chi connectivity index (χ2n) is 6.08. The van der Waals surface area contributed by atoms with Crippen LogP contribution in [0.3, 0.4) is 0 Å². The number of H-pyrrole nitrogens is 1. The summed E-state index contributed by atoms with van der Waals surface area (Å²) in [7, 11) is 1.46. The summed E-state index contributed by atoms with van der Waals surface area (Å²) in [4.78, 5) is 24.6. The maximum Gasteiger partial charge on any atom is 0.260 e. The molecule has 4 rings (SSSR count). The number of halogens is 2. The molecule has 0 atom stereocenters. The number of aromatic amines is 1. The van der Waals surface area contributed by atoms with Crippen molar-refractivity contribution in [2.45, 2.75) is 6.61 Å². The Labute approximate surface area is 174 Å². The summed E-state index contributed by atoms with van der Waals surface area (Å²) in [5.41, 5.74) is 1.09. The van der Waals surface area contributed by atoms with Crippen molar-refractivity contribution in [2.24, 2.45) is 0 Å². The number of rotatable bonds is 6. The number of pyridine rings is 1. The molecule has 9 nitrogen and oxygen atoms in total. The molecule has 3 heterocycles. The van der Waals surface area contributed by atoms with Gasteiger partial charge in [-0.3, -0.25) is 9.89 Å². The minimum absolute atomic E-state index is 0.0291. The van der Waals surface area contributed by atoms with Crippen LogP contribution >= 0.6 is 11.6 Å². The first kappa shape index (κ1) is 19.5. The first-order valence-corrected chi connectivity index (χ1v) is 8.98. The Balaban J connectivity index is 1.57. The summed E-state index contributed by atoms with van der Waals surface area (Å²) in [6.45, 7) is 0.0291. The third-order valence-electron chi connectivity index (χ3n) is 4.12. The minimum Gasteiger partial charge on any atom is -0.486 e. The zero-order chi connectivity index (χ0) is 21.1. The van der Waals surface area contributed by atoms with Crippen molar-refractivity contribution >= 4 is 34.2 Å². The third-order valence-corrected chi connectivity index (χ3v) is 4.44. The molecule has 2 N–H and O–H groups in total. The van der Waals surface area contributed by atoms with Crippen LogP contribution in [0.4, 0.5) is 10.1 Å². The molecule has 152 valence electrons. The Hall–Kier alpha value is -3.79. The third kappa shape index (κ3) is 3.85. The quantitative estimate of drug-likeness (QED) is 0.483. The van der Waals surface area contributed by atoms with E-state index in [4.69, 9.17) is 21.1 Å². The monoisotopic (exact) mass is 428 g/mol. The lowest BCUT2D eigenvalue weighted by atomic mass is 10.1. The molecular formula is C19H14ClFN6O3. The molecule has 0 bridgehead atoms. The van der Waals surface area contributed by atoms with Crippen LogP contribution in [0.1, 0.15) is 15.9 Å². The van der Waals surface area contributed by atoms with E-state index in [9.17, 15) is 9.18 Å². The van der Waals surface area contributed by atoms with Gasteiger partial charge in [-0.15, -0.1) is 5.10 Å². The van der Waals surface area contributed by atoms with Gasteiger partial charge in [0.15, 0.2) is 17.2 Å². The molecule has 30 heavy (non-hydrogen) atoms. The minimum atomic E-state index is -0.883. The molecule has 0 aliphatic rings. The molecule has 0 spiro atoms. The number of fused-ring (bicyclic) bond motifs is 1. The number of amides is 1. The van der Waals surface area contributed by atoms with Crippen LogP contribution in [0.2, 0.25) is 5.02 Å². The fraction of sp³-hybridized carbons (Fsp3) is 0.105. The Morgan fingerprint density at radius 3 is 2.83 bits per heavy atom. The van der Waals surface area contributed by atoms with Crippen LogP contribution in [0.15, 0.2) is 43.1 Å². The highest BCUT2D eigenvalue weighted by molar-refractivity contribution is 6.34. The lowest BCUT2D eigenvalue weighted by molar-refractivity contribution is 0.102. The number of ether oxygens (including phenoxy) is 2.